The smallest absolute Gasteiger partial charge is 0.263 e. The van der Waals surface area contributed by atoms with E-state index in [1.54, 1.807) is 31.2 Å². The van der Waals surface area contributed by atoms with E-state index in [0.29, 0.717) is 17.9 Å². The van der Waals surface area contributed by atoms with Crippen molar-refractivity contribution in [2.45, 2.75) is 25.3 Å². The summed E-state index contributed by atoms with van der Waals surface area (Å²) in [5.41, 5.74) is 2.71. The zero-order valence-corrected chi connectivity index (χ0v) is 16.4. The van der Waals surface area contributed by atoms with Gasteiger partial charge in [0.25, 0.3) is 10.0 Å². The van der Waals surface area contributed by atoms with Gasteiger partial charge in [-0.25, -0.2) is 8.42 Å². The summed E-state index contributed by atoms with van der Waals surface area (Å²) in [5, 5.41) is 8.16. The van der Waals surface area contributed by atoms with Crippen molar-refractivity contribution >= 4 is 21.7 Å². The zero-order valence-electron chi connectivity index (χ0n) is 15.5. The predicted octanol–water partition coefficient (Wildman–Crippen LogP) is 3.53. The number of nitrogens with zero attached hydrogens (tertiary/aromatic N) is 3. The maximum Gasteiger partial charge on any atom is 0.263 e. The molecule has 1 heterocycles. The number of nitrogens with one attached hydrogen (secondary N) is 1. The van der Waals surface area contributed by atoms with Gasteiger partial charge in [0.1, 0.15) is 0 Å². The van der Waals surface area contributed by atoms with Crippen LogP contribution < -0.4 is 9.62 Å². The lowest BCUT2D eigenvalue weighted by molar-refractivity contribution is 0.600. The number of sulfonamides is 1. The van der Waals surface area contributed by atoms with E-state index >= 15 is 0 Å². The fourth-order valence-corrected chi connectivity index (χ4v) is 4.04. The first-order valence-corrected chi connectivity index (χ1v) is 10.0. The highest BCUT2D eigenvalue weighted by molar-refractivity contribution is 7.92. The van der Waals surface area contributed by atoms with Crippen LogP contribution >= 0.6 is 0 Å². The zero-order chi connectivity index (χ0) is 19.4. The van der Waals surface area contributed by atoms with E-state index in [1.165, 1.54) is 0 Å². The van der Waals surface area contributed by atoms with Gasteiger partial charge in [-0.2, -0.15) is 0 Å². The Balaban J connectivity index is 1.74. The predicted molar refractivity (Wildman–Crippen MR) is 107 cm³/mol. The highest BCUT2D eigenvalue weighted by atomic mass is 32.2. The molecular formula is C20H22N4O2S. The molecule has 1 aromatic heterocycles. The van der Waals surface area contributed by atoms with Crippen LogP contribution in [0.4, 0.5) is 11.6 Å². The molecular weight excluding hydrogens is 360 g/mol. The molecule has 7 heteroatoms. The van der Waals surface area contributed by atoms with Gasteiger partial charge in [-0.1, -0.05) is 42.5 Å². The monoisotopic (exact) mass is 382 g/mol. The number of rotatable bonds is 6. The van der Waals surface area contributed by atoms with Crippen molar-refractivity contribution in [3.05, 3.63) is 77.4 Å². The normalized spacial score (nSPS) is 11.2. The summed E-state index contributed by atoms with van der Waals surface area (Å²) >= 11 is 0. The van der Waals surface area contributed by atoms with Crippen LogP contribution in [-0.4, -0.2) is 25.7 Å². The van der Waals surface area contributed by atoms with Crippen molar-refractivity contribution in [3.8, 4) is 0 Å². The molecule has 0 radical (unpaired) electrons. The minimum Gasteiger partial charge on any atom is -0.354 e. The Labute approximate surface area is 159 Å². The molecule has 0 atom stereocenters. The summed E-state index contributed by atoms with van der Waals surface area (Å²) in [6, 6.07) is 18.7. The molecule has 27 heavy (non-hydrogen) atoms. The highest BCUT2D eigenvalue weighted by Crippen LogP contribution is 2.20. The Morgan fingerprint density at radius 1 is 0.963 bits per heavy atom. The summed E-state index contributed by atoms with van der Waals surface area (Å²) in [5.74, 6) is 0.848. The molecule has 0 aliphatic heterocycles. The maximum atomic E-state index is 12.6. The van der Waals surface area contributed by atoms with Gasteiger partial charge >= 0.3 is 0 Å². The van der Waals surface area contributed by atoms with E-state index in [2.05, 4.69) is 14.9 Å². The first-order chi connectivity index (χ1) is 12.8. The van der Waals surface area contributed by atoms with E-state index in [-0.39, 0.29) is 10.7 Å². The van der Waals surface area contributed by atoms with Gasteiger partial charge in [0.05, 0.1) is 4.90 Å². The summed E-state index contributed by atoms with van der Waals surface area (Å²) in [4.78, 5) is 2.19. The molecule has 140 valence electrons. The minimum atomic E-state index is -3.71. The Morgan fingerprint density at radius 2 is 1.70 bits per heavy atom. The van der Waals surface area contributed by atoms with Crippen LogP contribution in [0.2, 0.25) is 0 Å². The SMILES string of the molecule is Cc1ccc(C)c(S(=O)(=O)Nc2ccc(N(C)Cc3ccccc3)nn2)c1. The topological polar surface area (TPSA) is 75.2 Å². The summed E-state index contributed by atoms with van der Waals surface area (Å²) < 4.78 is 27.8. The first-order valence-electron chi connectivity index (χ1n) is 8.54. The number of aromatic nitrogens is 2. The van der Waals surface area contributed by atoms with Gasteiger partial charge in [-0.3, -0.25) is 4.72 Å². The third kappa shape index (κ3) is 4.62. The molecule has 0 saturated carbocycles. The minimum absolute atomic E-state index is 0.188. The van der Waals surface area contributed by atoms with E-state index < -0.39 is 10.0 Å². The van der Waals surface area contributed by atoms with E-state index in [9.17, 15) is 8.42 Å². The number of aryl methyl sites for hydroxylation is 2. The van der Waals surface area contributed by atoms with Crippen molar-refractivity contribution < 1.29 is 8.42 Å². The third-order valence-electron chi connectivity index (χ3n) is 4.18. The quantitative estimate of drug-likeness (QED) is 0.706. The second-order valence-corrected chi connectivity index (χ2v) is 8.14. The average molecular weight is 382 g/mol. The molecule has 0 spiro atoms. The molecule has 0 saturated heterocycles. The van der Waals surface area contributed by atoms with Gasteiger partial charge < -0.3 is 4.90 Å². The number of hydrogen-bond acceptors (Lipinski definition) is 5. The Hall–Kier alpha value is -2.93. The molecule has 0 fully saturated rings. The fourth-order valence-electron chi connectivity index (χ4n) is 2.71. The number of anilines is 2. The van der Waals surface area contributed by atoms with Gasteiger partial charge in [0, 0.05) is 13.6 Å². The largest absolute Gasteiger partial charge is 0.354 e. The highest BCUT2D eigenvalue weighted by Gasteiger charge is 2.18. The summed E-state index contributed by atoms with van der Waals surface area (Å²) in [6.07, 6.45) is 0. The first kappa shape index (κ1) is 18.8. The molecule has 6 nitrogen and oxygen atoms in total. The molecule has 2 aromatic carbocycles. The molecule has 1 N–H and O–H groups in total. The van der Waals surface area contributed by atoms with Crippen LogP contribution in [0, 0.1) is 13.8 Å². The second kappa shape index (κ2) is 7.75. The Kier molecular flexibility index (Phi) is 5.41. The molecule has 0 aliphatic carbocycles. The number of hydrogen-bond donors (Lipinski definition) is 1. The molecule has 0 aliphatic rings. The third-order valence-corrected chi connectivity index (χ3v) is 5.67. The van der Waals surface area contributed by atoms with Crippen LogP contribution in [0.1, 0.15) is 16.7 Å². The summed E-state index contributed by atoms with van der Waals surface area (Å²) in [6.45, 7) is 4.31. The van der Waals surface area contributed by atoms with Crippen LogP contribution in [-0.2, 0) is 16.6 Å². The lowest BCUT2D eigenvalue weighted by Gasteiger charge is -2.18. The number of benzene rings is 2. The molecule has 0 unspecified atom stereocenters. The van der Waals surface area contributed by atoms with Crippen molar-refractivity contribution in [1.29, 1.82) is 0 Å². The lowest BCUT2D eigenvalue weighted by atomic mass is 10.2. The van der Waals surface area contributed by atoms with Gasteiger partial charge in [0.15, 0.2) is 11.6 Å². The Morgan fingerprint density at radius 3 is 2.37 bits per heavy atom. The molecule has 3 rings (SSSR count). The summed E-state index contributed by atoms with van der Waals surface area (Å²) in [7, 11) is -1.80. The van der Waals surface area contributed by atoms with Gasteiger partial charge in [-0.15, -0.1) is 10.2 Å². The van der Waals surface area contributed by atoms with Crippen molar-refractivity contribution in [2.24, 2.45) is 0 Å². The molecule has 3 aromatic rings. The lowest BCUT2D eigenvalue weighted by Crippen LogP contribution is -2.19. The molecule has 0 bridgehead atoms. The van der Waals surface area contributed by atoms with E-state index in [1.807, 2.05) is 55.3 Å². The van der Waals surface area contributed by atoms with Crippen molar-refractivity contribution in [3.63, 3.8) is 0 Å². The second-order valence-electron chi connectivity index (χ2n) is 6.49. The van der Waals surface area contributed by atoms with E-state index in [0.717, 1.165) is 11.1 Å². The van der Waals surface area contributed by atoms with Crippen LogP contribution in [0.25, 0.3) is 0 Å². The van der Waals surface area contributed by atoms with Crippen LogP contribution in [0.15, 0.2) is 65.6 Å². The Bertz CT molecular complexity index is 1020. The fraction of sp³-hybridized carbons (Fsp3) is 0.200. The standard InChI is InChI=1S/C20H22N4O2S/c1-15-9-10-16(2)18(13-15)27(25,26)23-19-11-12-20(22-21-19)24(3)14-17-7-5-4-6-8-17/h4-13H,14H2,1-3H3,(H,21,23). The van der Waals surface area contributed by atoms with Crippen molar-refractivity contribution in [2.75, 3.05) is 16.7 Å². The average Bonchev–Trinajstić information content (AvgIpc) is 2.64. The van der Waals surface area contributed by atoms with Crippen LogP contribution in [0.3, 0.4) is 0 Å². The van der Waals surface area contributed by atoms with Crippen molar-refractivity contribution in [1.82, 2.24) is 10.2 Å². The van der Waals surface area contributed by atoms with Gasteiger partial charge in [-0.05, 0) is 48.7 Å². The van der Waals surface area contributed by atoms with Gasteiger partial charge in [0.2, 0.25) is 0 Å². The van der Waals surface area contributed by atoms with Crippen LogP contribution in [0.5, 0.6) is 0 Å². The maximum absolute atomic E-state index is 12.6. The molecule has 0 amide bonds. The van der Waals surface area contributed by atoms with E-state index in [4.69, 9.17) is 0 Å².